The fourth-order valence-electron chi connectivity index (χ4n) is 1.78. The van der Waals surface area contributed by atoms with Crippen LogP contribution in [-0.2, 0) is 16.6 Å². The van der Waals surface area contributed by atoms with Gasteiger partial charge in [-0.25, -0.2) is 0 Å². The predicted octanol–water partition coefficient (Wildman–Crippen LogP) is 1.33. The van der Waals surface area contributed by atoms with Crippen molar-refractivity contribution in [1.82, 2.24) is 15.5 Å². The van der Waals surface area contributed by atoms with Crippen LogP contribution in [0.15, 0.2) is 35.5 Å². The lowest BCUT2D eigenvalue weighted by Crippen LogP contribution is -2.18. The lowest BCUT2D eigenvalue weighted by atomic mass is 10.3. The Bertz CT molecular complexity index is 680. The molecule has 0 radical (unpaired) electrons. The lowest BCUT2D eigenvalue weighted by Gasteiger charge is -2.09. The maximum Gasteiger partial charge on any atom is 0.279 e. The molecule has 7 nitrogen and oxygen atoms in total. The molecule has 0 unspecified atom stereocenters. The second-order valence-corrected chi connectivity index (χ2v) is 5.96. The highest BCUT2D eigenvalue weighted by Crippen LogP contribution is 2.20. The van der Waals surface area contributed by atoms with Crippen LogP contribution in [-0.4, -0.2) is 32.3 Å². The number of benzene rings is 1. The van der Waals surface area contributed by atoms with Gasteiger partial charge in [0.25, 0.3) is 10.0 Å². The first kappa shape index (κ1) is 15.3. The standard InChI is InChI=1S/C13H18N4O3S/c1-3-14-8-10-9-15-16-13(10)21(18,19)17-11-4-6-12(20-2)7-5-11/h4-7,9,14,17H,3,8H2,1-2H3,(H,15,16). The van der Waals surface area contributed by atoms with Crippen molar-refractivity contribution in [2.45, 2.75) is 18.5 Å². The number of aromatic amines is 1. The van der Waals surface area contributed by atoms with Crippen molar-refractivity contribution in [2.24, 2.45) is 0 Å². The molecule has 0 saturated carbocycles. The molecule has 0 spiro atoms. The second-order valence-electron chi connectivity index (χ2n) is 4.34. The van der Waals surface area contributed by atoms with Gasteiger partial charge in [0.05, 0.1) is 13.3 Å². The van der Waals surface area contributed by atoms with Crippen LogP contribution < -0.4 is 14.8 Å². The highest BCUT2D eigenvalue weighted by Gasteiger charge is 2.20. The number of ether oxygens (including phenoxy) is 1. The van der Waals surface area contributed by atoms with E-state index < -0.39 is 10.0 Å². The van der Waals surface area contributed by atoms with Crippen molar-refractivity contribution < 1.29 is 13.2 Å². The Morgan fingerprint density at radius 3 is 2.62 bits per heavy atom. The largest absolute Gasteiger partial charge is 0.497 e. The van der Waals surface area contributed by atoms with Gasteiger partial charge in [0.15, 0.2) is 5.03 Å². The monoisotopic (exact) mass is 310 g/mol. The third kappa shape index (κ3) is 3.73. The number of methoxy groups -OCH3 is 1. The van der Waals surface area contributed by atoms with Crippen LogP contribution in [0.25, 0.3) is 0 Å². The summed E-state index contributed by atoms with van der Waals surface area (Å²) in [5.74, 6) is 0.660. The van der Waals surface area contributed by atoms with Gasteiger partial charge in [-0.1, -0.05) is 6.92 Å². The molecule has 1 heterocycles. The van der Waals surface area contributed by atoms with Crippen molar-refractivity contribution in [1.29, 1.82) is 0 Å². The highest BCUT2D eigenvalue weighted by molar-refractivity contribution is 7.92. The van der Waals surface area contributed by atoms with Gasteiger partial charge < -0.3 is 10.1 Å². The normalized spacial score (nSPS) is 11.3. The topological polar surface area (TPSA) is 96.1 Å². The second kappa shape index (κ2) is 6.59. The van der Waals surface area contributed by atoms with E-state index in [4.69, 9.17) is 4.74 Å². The summed E-state index contributed by atoms with van der Waals surface area (Å²) in [5.41, 5.74) is 1.05. The quantitative estimate of drug-likeness (QED) is 0.717. The summed E-state index contributed by atoms with van der Waals surface area (Å²) >= 11 is 0. The molecule has 0 fully saturated rings. The molecule has 114 valence electrons. The first-order valence-corrected chi connectivity index (χ1v) is 7.95. The molecule has 1 aromatic heterocycles. The maximum absolute atomic E-state index is 12.4. The third-order valence-corrected chi connectivity index (χ3v) is 4.25. The van der Waals surface area contributed by atoms with E-state index in [0.717, 1.165) is 6.54 Å². The zero-order valence-electron chi connectivity index (χ0n) is 11.9. The molecule has 0 saturated heterocycles. The molecule has 3 N–H and O–H groups in total. The van der Waals surface area contributed by atoms with Crippen LogP contribution in [0.3, 0.4) is 0 Å². The fourth-order valence-corrected chi connectivity index (χ4v) is 2.97. The van der Waals surface area contributed by atoms with E-state index >= 15 is 0 Å². The minimum atomic E-state index is -3.70. The summed E-state index contributed by atoms with van der Waals surface area (Å²) in [6.07, 6.45) is 1.51. The van der Waals surface area contributed by atoms with Crippen molar-refractivity contribution in [3.05, 3.63) is 36.0 Å². The van der Waals surface area contributed by atoms with Gasteiger partial charge >= 0.3 is 0 Å². The average Bonchev–Trinajstić information content (AvgIpc) is 2.95. The Kier molecular flexibility index (Phi) is 4.81. The molecule has 2 rings (SSSR count). The van der Waals surface area contributed by atoms with E-state index in [0.29, 0.717) is 23.5 Å². The van der Waals surface area contributed by atoms with E-state index in [9.17, 15) is 8.42 Å². The Labute approximate surface area is 123 Å². The van der Waals surface area contributed by atoms with Gasteiger partial charge in [-0.15, -0.1) is 0 Å². The molecule has 1 aromatic carbocycles. The molecule has 0 amide bonds. The van der Waals surface area contributed by atoms with Crippen molar-refractivity contribution in [2.75, 3.05) is 18.4 Å². The number of anilines is 1. The summed E-state index contributed by atoms with van der Waals surface area (Å²) in [5, 5.41) is 9.48. The van der Waals surface area contributed by atoms with E-state index in [1.807, 2.05) is 6.92 Å². The first-order valence-electron chi connectivity index (χ1n) is 6.46. The zero-order chi connectivity index (χ0) is 15.3. The van der Waals surface area contributed by atoms with Crippen LogP contribution in [0, 0.1) is 0 Å². The van der Waals surface area contributed by atoms with Gasteiger partial charge in [-0.3, -0.25) is 9.82 Å². The SMILES string of the molecule is CCNCc1cn[nH]c1S(=O)(=O)Nc1ccc(OC)cc1. The predicted molar refractivity (Wildman–Crippen MR) is 79.8 cm³/mol. The third-order valence-electron chi connectivity index (χ3n) is 2.85. The van der Waals surface area contributed by atoms with Crippen molar-refractivity contribution in [3.8, 4) is 5.75 Å². The number of sulfonamides is 1. The van der Waals surface area contributed by atoms with Crippen LogP contribution in [0.2, 0.25) is 0 Å². The van der Waals surface area contributed by atoms with E-state index in [2.05, 4.69) is 20.2 Å². The molecule has 0 bridgehead atoms. The average molecular weight is 310 g/mol. The van der Waals surface area contributed by atoms with Gasteiger partial charge in [-0.2, -0.15) is 13.5 Å². The number of nitrogens with one attached hydrogen (secondary N) is 3. The molecular formula is C13H18N4O3S. The Hall–Kier alpha value is -2.06. The van der Waals surface area contributed by atoms with Crippen LogP contribution in [0.4, 0.5) is 5.69 Å². The van der Waals surface area contributed by atoms with Crippen LogP contribution >= 0.6 is 0 Å². The summed E-state index contributed by atoms with van der Waals surface area (Å²) in [6, 6.07) is 6.64. The number of aromatic nitrogens is 2. The number of nitrogens with zero attached hydrogens (tertiary/aromatic N) is 1. The van der Waals surface area contributed by atoms with Crippen LogP contribution in [0.5, 0.6) is 5.75 Å². The van der Waals surface area contributed by atoms with Gasteiger partial charge in [0.1, 0.15) is 5.75 Å². The molecular weight excluding hydrogens is 292 g/mol. The molecule has 0 aliphatic carbocycles. The Balaban J connectivity index is 2.19. The summed E-state index contributed by atoms with van der Waals surface area (Å²) in [4.78, 5) is 0. The minimum absolute atomic E-state index is 0.0688. The Morgan fingerprint density at radius 2 is 2.00 bits per heavy atom. The van der Waals surface area contributed by atoms with Gasteiger partial charge in [0, 0.05) is 17.8 Å². The maximum atomic E-state index is 12.4. The smallest absolute Gasteiger partial charge is 0.279 e. The van der Waals surface area contributed by atoms with Crippen molar-refractivity contribution in [3.63, 3.8) is 0 Å². The van der Waals surface area contributed by atoms with E-state index in [-0.39, 0.29) is 5.03 Å². The fraction of sp³-hybridized carbons (Fsp3) is 0.308. The van der Waals surface area contributed by atoms with Gasteiger partial charge in [-0.05, 0) is 30.8 Å². The molecule has 21 heavy (non-hydrogen) atoms. The molecule has 0 aliphatic heterocycles. The minimum Gasteiger partial charge on any atom is -0.497 e. The van der Waals surface area contributed by atoms with E-state index in [1.54, 1.807) is 31.4 Å². The molecule has 2 aromatic rings. The van der Waals surface area contributed by atoms with Gasteiger partial charge in [0.2, 0.25) is 0 Å². The van der Waals surface area contributed by atoms with Crippen LogP contribution in [0.1, 0.15) is 12.5 Å². The summed E-state index contributed by atoms with van der Waals surface area (Å²) in [6.45, 7) is 3.13. The van der Waals surface area contributed by atoms with E-state index in [1.165, 1.54) is 6.20 Å². The molecule has 0 aliphatic rings. The number of rotatable bonds is 7. The van der Waals surface area contributed by atoms with Crippen molar-refractivity contribution >= 4 is 15.7 Å². The number of H-pyrrole nitrogens is 1. The zero-order valence-corrected chi connectivity index (χ0v) is 12.7. The first-order chi connectivity index (χ1) is 10.1. The summed E-state index contributed by atoms with van der Waals surface area (Å²) < 4.78 is 32.3. The Morgan fingerprint density at radius 1 is 1.29 bits per heavy atom. The number of hydrogen-bond acceptors (Lipinski definition) is 5. The highest BCUT2D eigenvalue weighted by atomic mass is 32.2. The molecule has 0 atom stereocenters. The molecule has 8 heteroatoms. The lowest BCUT2D eigenvalue weighted by molar-refractivity contribution is 0.415. The number of hydrogen-bond donors (Lipinski definition) is 3. The summed E-state index contributed by atoms with van der Waals surface area (Å²) in [7, 11) is -2.15.